The maximum Gasteiger partial charge on any atom is 0.174 e. The van der Waals surface area contributed by atoms with E-state index in [1.165, 1.54) is 0 Å². The predicted octanol–water partition coefficient (Wildman–Crippen LogP) is 2.49. The molecule has 1 aliphatic rings. The Labute approximate surface area is 144 Å². The second kappa shape index (κ2) is 7.90. The summed E-state index contributed by atoms with van der Waals surface area (Å²) in [6, 6.07) is 9.38. The molecule has 1 aromatic rings. The molecular formula is C16H13N2OY-. The van der Waals surface area contributed by atoms with Crippen molar-refractivity contribution < 1.29 is 37.4 Å². The number of terminal acetylenes is 1. The minimum Gasteiger partial charge on any atom is -0.479 e. The molecule has 20 heavy (non-hydrogen) atoms. The fourth-order valence-corrected chi connectivity index (χ4v) is 1.79. The molecule has 0 saturated carbocycles. The SMILES string of the molecule is C#CC1C[C-]=C(c2ccc(OCC#N)cc2)NC1=C.[Y]. The van der Waals surface area contributed by atoms with Gasteiger partial charge in [0.05, 0.1) is 0 Å². The van der Waals surface area contributed by atoms with Crippen LogP contribution in [0.3, 0.4) is 0 Å². The second-order valence-electron chi connectivity index (χ2n) is 4.10. The number of hydrogen-bond donors (Lipinski definition) is 1. The summed E-state index contributed by atoms with van der Waals surface area (Å²) in [6.45, 7) is 3.97. The summed E-state index contributed by atoms with van der Waals surface area (Å²) < 4.78 is 5.20. The fraction of sp³-hybridized carbons (Fsp3) is 0.188. The van der Waals surface area contributed by atoms with Gasteiger partial charge in [-0.3, -0.25) is 0 Å². The first-order chi connectivity index (χ1) is 9.24. The van der Waals surface area contributed by atoms with Gasteiger partial charge in [-0.15, -0.1) is 24.3 Å². The van der Waals surface area contributed by atoms with Crippen LogP contribution in [0.25, 0.3) is 5.70 Å². The van der Waals surface area contributed by atoms with Gasteiger partial charge < -0.3 is 10.1 Å². The van der Waals surface area contributed by atoms with Gasteiger partial charge >= 0.3 is 0 Å². The number of nitriles is 1. The molecular weight excluding hydrogens is 325 g/mol. The molecule has 0 aromatic heterocycles. The number of rotatable bonds is 3. The number of hydrogen-bond acceptors (Lipinski definition) is 3. The quantitative estimate of drug-likeness (QED) is 0.680. The van der Waals surface area contributed by atoms with Gasteiger partial charge in [-0.25, -0.2) is 6.08 Å². The minimum absolute atomic E-state index is 0. The van der Waals surface area contributed by atoms with Gasteiger partial charge in [0.1, 0.15) is 11.8 Å². The molecule has 1 N–H and O–H groups in total. The Morgan fingerprint density at radius 3 is 2.70 bits per heavy atom. The van der Waals surface area contributed by atoms with E-state index in [0.717, 1.165) is 17.0 Å². The van der Waals surface area contributed by atoms with E-state index < -0.39 is 0 Å². The van der Waals surface area contributed by atoms with Gasteiger partial charge in [-0.1, -0.05) is 18.9 Å². The van der Waals surface area contributed by atoms with Gasteiger partial charge in [0.2, 0.25) is 0 Å². The Hall–Kier alpha value is -1.55. The Morgan fingerprint density at radius 1 is 1.45 bits per heavy atom. The average molecular weight is 338 g/mol. The summed E-state index contributed by atoms with van der Waals surface area (Å²) in [4.78, 5) is 0. The van der Waals surface area contributed by atoms with Crippen molar-refractivity contribution in [1.29, 1.82) is 5.26 Å². The minimum atomic E-state index is 0. The van der Waals surface area contributed by atoms with E-state index in [0.29, 0.717) is 12.2 Å². The average Bonchev–Trinajstić information content (AvgIpc) is 2.45. The van der Waals surface area contributed by atoms with Crippen LogP contribution in [-0.4, -0.2) is 6.61 Å². The zero-order valence-electron chi connectivity index (χ0n) is 11.0. The first-order valence-corrected chi connectivity index (χ1v) is 5.87. The van der Waals surface area contributed by atoms with E-state index >= 15 is 0 Å². The van der Waals surface area contributed by atoms with E-state index in [9.17, 15) is 0 Å². The molecule has 0 amide bonds. The normalized spacial score (nSPS) is 16.8. The molecule has 2 rings (SSSR count). The third-order valence-electron chi connectivity index (χ3n) is 2.84. The van der Waals surface area contributed by atoms with Crippen LogP contribution in [0.15, 0.2) is 36.5 Å². The molecule has 3 nitrogen and oxygen atoms in total. The van der Waals surface area contributed by atoms with Crippen LogP contribution >= 0.6 is 0 Å². The number of allylic oxidation sites excluding steroid dienone is 2. The molecule has 1 radical (unpaired) electrons. The maximum absolute atomic E-state index is 8.44. The molecule has 0 spiro atoms. The molecule has 0 saturated heterocycles. The summed E-state index contributed by atoms with van der Waals surface area (Å²) in [6.07, 6.45) is 9.31. The number of nitrogens with zero attached hydrogens (tertiary/aromatic N) is 1. The topological polar surface area (TPSA) is 45.0 Å². The Balaban J connectivity index is 0.00000200. The maximum atomic E-state index is 8.44. The van der Waals surface area contributed by atoms with Crippen molar-refractivity contribution >= 4 is 5.70 Å². The molecule has 0 aliphatic carbocycles. The van der Waals surface area contributed by atoms with E-state index in [-0.39, 0.29) is 45.2 Å². The van der Waals surface area contributed by atoms with E-state index in [1.54, 1.807) is 0 Å². The van der Waals surface area contributed by atoms with Crippen LogP contribution in [0.5, 0.6) is 5.75 Å². The third kappa shape index (κ3) is 3.97. The molecule has 4 heteroatoms. The number of benzene rings is 1. The van der Waals surface area contributed by atoms with E-state index in [1.807, 2.05) is 30.3 Å². The molecule has 1 aliphatic heterocycles. The molecule has 0 fully saturated rings. The van der Waals surface area contributed by atoms with Crippen molar-refractivity contribution in [3.8, 4) is 24.2 Å². The van der Waals surface area contributed by atoms with Crippen molar-refractivity contribution in [2.24, 2.45) is 5.92 Å². The molecule has 97 valence electrons. The first kappa shape index (κ1) is 16.5. The summed E-state index contributed by atoms with van der Waals surface area (Å²) in [7, 11) is 0. The Morgan fingerprint density at radius 2 is 2.15 bits per heavy atom. The van der Waals surface area contributed by atoms with Crippen molar-refractivity contribution in [2.75, 3.05) is 6.61 Å². The standard InChI is InChI=1S/C16H13N2O.Y/c1-3-13-6-9-16(18-12(13)2)14-4-7-15(8-5-14)19-11-10-17;/h1,4-5,7-8,13,18H,2,6,11H2;/q-1;. The van der Waals surface area contributed by atoms with Crippen LogP contribution in [0.1, 0.15) is 12.0 Å². The first-order valence-electron chi connectivity index (χ1n) is 5.87. The summed E-state index contributed by atoms with van der Waals surface area (Å²) >= 11 is 0. The van der Waals surface area contributed by atoms with Crippen molar-refractivity contribution in [1.82, 2.24) is 5.32 Å². The monoisotopic (exact) mass is 338 g/mol. The van der Waals surface area contributed by atoms with Crippen molar-refractivity contribution in [3.05, 3.63) is 48.2 Å². The Bertz CT molecular complexity index is 590. The van der Waals surface area contributed by atoms with Crippen molar-refractivity contribution in [3.63, 3.8) is 0 Å². The molecule has 1 aromatic carbocycles. The number of ether oxygens (including phenoxy) is 1. The van der Waals surface area contributed by atoms with E-state index in [2.05, 4.69) is 23.9 Å². The van der Waals surface area contributed by atoms with Gasteiger partial charge in [0, 0.05) is 44.3 Å². The van der Waals surface area contributed by atoms with Crippen LogP contribution in [0.4, 0.5) is 0 Å². The van der Waals surface area contributed by atoms with Crippen molar-refractivity contribution in [2.45, 2.75) is 6.42 Å². The predicted molar refractivity (Wildman–Crippen MR) is 73.4 cm³/mol. The molecule has 0 bridgehead atoms. The van der Waals surface area contributed by atoms with E-state index in [4.69, 9.17) is 16.4 Å². The largest absolute Gasteiger partial charge is 0.479 e. The van der Waals surface area contributed by atoms with Gasteiger partial charge in [-0.05, 0) is 12.1 Å². The summed E-state index contributed by atoms with van der Waals surface area (Å²) in [5.41, 5.74) is 2.69. The summed E-state index contributed by atoms with van der Waals surface area (Å²) in [5, 5.41) is 11.6. The van der Waals surface area contributed by atoms with Crippen LogP contribution < -0.4 is 10.1 Å². The van der Waals surface area contributed by atoms with Crippen LogP contribution in [0.2, 0.25) is 0 Å². The van der Waals surface area contributed by atoms with Gasteiger partial charge in [0.15, 0.2) is 6.61 Å². The van der Waals surface area contributed by atoms with Crippen LogP contribution in [-0.2, 0) is 32.7 Å². The zero-order chi connectivity index (χ0) is 13.7. The van der Waals surface area contributed by atoms with Crippen LogP contribution in [0, 0.1) is 35.7 Å². The molecule has 1 atom stereocenters. The second-order valence-corrected chi connectivity index (χ2v) is 4.10. The fourth-order valence-electron chi connectivity index (χ4n) is 1.79. The zero-order valence-corrected chi connectivity index (χ0v) is 13.9. The third-order valence-corrected chi connectivity index (χ3v) is 2.84. The summed E-state index contributed by atoms with van der Waals surface area (Å²) in [5.74, 6) is 3.34. The Kier molecular flexibility index (Phi) is 6.52. The number of nitrogens with one attached hydrogen (secondary N) is 1. The van der Waals surface area contributed by atoms with Gasteiger partial charge in [0.25, 0.3) is 0 Å². The molecule has 1 heterocycles. The van der Waals surface area contributed by atoms with Gasteiger partial charge in [-0.2, -0.15) is 10.8 Å². The smallest absolute Gasteiger partial charge is 0.174 e. The molecule has 1 unspecified atom stereocenters.